The second-order valence-electron chi connectivity index (χ2n) is 6.99. The molecule has 0 saturated heterocycles. The summed E-state index contributed by atoms with van der Waals surface area (Å²) in [7, 11) is -1.66. The molecule has 0 radical (unpaired) electrons. The maximum Gasteiger partial charge on any atom is 0.238 e. The van der Waals surface area contributed by atoms with Gasteiger partial charge in [0, 0.05) is 11.9 Å². The molecular formula is C19H22N4O2S2. The summed E-state index contributed by atoms with van der Waals surface area (Å²) >= 11 is 1.79. The number of rotatable bonds is 4. The topological polar surface area (TPSA) is 89.2 Å². The van der Waals surface area contributed by atoms with E-state index in [4.69, 9.17) is 5.14 Å². The maximum atomic E-state index is 11.5. The van der Waals surface area contributed by atoms with Gasteiger partial charge < -0.3 is 4.90 Å². The number of aromatic nitrogens is 2. The van der Waals surface area contributed by atoms with Crippen LogP contribution in [0.15, 0.2) is 35.5 Å². The summed E-state index contributed by atoms with van der Waals surface area (Å²) in [6.07, 6.45) is 6.30. The number of primary sulfonamides is 1. The SMILES string of the molecule is C[C@H](c1ccc(S(N)(=O)=O)cc1)N(C)c1ncnc2sc3c(c12)CCCC3. The highest BCUT2D eigenvalue weighted by Crippen LogP contribution is 2.40. The molecule has 1 aliphatic carbocycles. The van der Waals surface area contributed by atoms with Gasteiger partial charge in [-0.05, 0) is 55.9 Å². The van der Waals surface area contributed by atoms with Gasteiger partial charge in [-0.3, -0.25) is 0 Å². The van der Waals surface area contributed by atoms with Gasteiger partial charge in [-0.2, -0.15) is 0 Å². The quantitative estimate of drug-likeness (QED) is 0.722. The standard InChI is InChI=1S/C19H22N4O2S2/c1-12(13-7-9-14(10-8-13)27(20,24)25)23(2)18-17-15-5-3-4-6-16(15)26-19(17)22-11-21-18/h7-12H,3-6H2,1-2H3,(H2,20,24,25)/t12-/m1/s1. The molecule has 142 valence electrons. The summed E-state index contributed by atoms with van der Waals surface area (Å²) in [5, 5.41) is 6.37. The summed E-state index contributed by atoms with van der Waals surface area (Å²) < 4.78 is 22.9. The van der Waals surface area contributed by atoms with Gasteiger partial charge in [-0.1, -0.05) is 12.1 Å². The Labute approximate surface area is 163 Å². The van der Waals surface area contributed by atoms with Crippen LogP contribution < -0.4 is 10.0 Å². The lowest BCUT2D eigenvalue weighted by molar-refractivity contribution is 0.597. The third-order valence-corrected chi connectivity index (χ3v) is 7.47. The van der Waals surface area contributed by atoms with E-state index in [9.17, 15) is 8.42 Å². The Hall–Kier alpha value is -2.03. The van der Waals surface area contributed by atoms with Gasteiger partial charge in [0.05, 0.1) is 16.3 Å². The van der Waals surface area contributed by atoms with E-state index in [0.29, 0.717) is 0 Å². The third kappa shape index (κ3) is 3.33. The molecule has 3 aromatic rings. The normalized spacial score (nSPS) is 15.5. The zero-order chi connectivity index (χ0) is 19.2. The van der Waals surface area contributed by atoms with Crippen molar-refractivity contribution in [2.75, 3.05) is 11.9 Å². The molecule has 1 aromatic carbocycles. The van der Waals surface area contributed by atoms with Crippen molar-refractivity contribution in [3.05, 3.63) is 46.6 Å². The Kier molecular flexibility index (Phi) is 4.65. The number of sulfonamides is 1. The van der Waals surface area contributed by atoms with E-state index in [0.717, 1.165) is 29.1 Å². The Morgan fingerprint density at radius 2 is 1.85 bits per heavy atom. The monoisotopic (exact) mass is 402 g/mol. The average molecular weight is 403 g/mol. The van der Waals surface area contributed by atoms with Crippen molar-refractivity contribution in [3.63, 3.8) is 0 Å². The maximum absolute atomic E-state index is 11.5. The van der Waals surface area contributed by atoms with E-state index < -0.39 is 10.0 Å². The van der Waals surface area contributed by atoms with E-state index >= 15 is 0 Å². The first kappa shape index (κ1) is 18.3. The molecule has 8 heteroatoms. The van der Waals surface area contributed by atoms with Crippen LogP contribution in [0.1, 0.15) is 41.8 Å². The van der Waals surface area contributed by atoms with Gasteiger partial charge in [0.2, 0.25) is 10.0 Å². The summed E-state index contributed by atoms with van der Waals surface area (Å²) in [6, 6.07) is 6.75. The van der Waals surface area contributed by atoms with Crippen LogP contribution in [0.2, 0.25) is 0 Å². The zero-order valence-electron chi connectivity index (χ0n) is 15.3. The minimum atomic E-state index is -3.68. The number of anilines is 1. The fourth-order valence-corrected chi connectivity index (χ4v) is 5.42. The predicted octanol–water partition coefficient (Wildman–Crippen LogP) is 3.41. The number of hydrogen-bond acceptors (Lipinski definition) is 6. The van der Waals surface area contributed by atoms with Crippen molar-refractivity contribution in [2.45, 2.75) is 43.5 Å². The summed E-state index contributed by atoms with van der Waals surface area (Å²) in [6.45, 7) is 2.08. The molecule has 1 aliphatic rings. The molecular weight excluding hydrogens is 380 g/mol. The van der Waals surface area contributed by atoms with Crippen LogP contribution in [0.4, 0.5) is 5.82 Å². The molecule has 2 heterocycles. The molecule has 0 fully saturated rings. The molecule has 0 spiro atoms. The highest BCUT2D eigenvalue weighted by atomic mass is 32.2. The fraction of sp³-hybridized carbons (Fsp3) is 0.368. The third-order valence-electron chi connectivity index (χ3n) is 5.34. The summed E-state index contributed by atoms with van der Waals surface area (Å²) in [4.78, 5) is 13.8. The van der Waals surface area contributed by atoms with Crippen LogP contribution in [0, 0.1) is 0 Å². The van der Waals surface area contributed by atoms with Crippen LogP contribution >= 0.6 is 11.3 Å². The van der Waals surface area contributed by atoms with Crippen molar-refractivity contribution in [1.82, 2.24) is 9.97 Å². The van der Waals surface area contributed by atoms with Gasteiger partial charge in [-0.25, -0.2) is 23.5 Å². The number of fused-ring (bicyclic) bond motifs is 3. The van der Waals surface area contributed by atoms with E-state index in [1.54, 1.807) is 29.8 Å². The Morgan fingerprint density at radius 3 is 2.56 bits per heavy atom. The number of hydrogen-bond donors (Lipinski definition) is 1. The molecule has 0 aliphatic heterocycles. The van der Waals surface area contributed by atoms with Crippen LogP contribution in [-0.2, 0) is 22.9 Å². The van der Waals surface area contributed by atoms with Gasteiger partial charge in [0.25, 0.3) is 0 Å². The lowest BCUT2D eigenvalue weighted by Crippen LogP contribution is -2.23. The highest BCUT2D eigenvalue weighted by Gasteiger charge is 2.23. The molecule has 0 bridgehead atoms. The number of nitrogens with two attached hydrogens (primary N) is 1. The molecule has 0 saturated carbocycles. The van der Waals surface area contributed by atoms with Crippen LogP contribution in [-0.4, -0.2) is 25.4 Å². The lowest BCUT2D eigenvalue weighted by atomic mass is 9.96. The Morgan fingerprint density at radius 1 is 1.15 bits per heavy atom. The second-order valence-corrected chi connectivity index (χ2v) is 9.63. The fourth-order valence-electron chi connectivity index (χ4n) is 3.68. The molecule has 27 heavy (non-hydrogen) atoms. The zero-order valence-corrected chi connectivity index (χ0v) is 17.0. The first-order chi connectivity index (χ1) is 12.9. The second kappa shape index (κ2) is 6.85. The Balaban J connectivity index is 1.72. The van der Waals surface area contributed by atoms with Crippen molar-refractivity contribution in [3.8, 4) is 0 Å². The van der Waals surface area contributed by atoms with Crippen molar-refractivity contribution in [2.24, 2.45) is 5.14 Å². The molecule has 0 amide bonds. The van der Waals surface area contributed by atoms with Crippen LogP contribution in [0.25, 0.3) is 10.2 Å². The summed E-state index contributed by atoms with van der Waals surface area (Å²) in [5.41, 5.74) is 2.40. The highest BCUT2D eigenvalue weighted by molar-refractivity contribution is 7.89. The van der Waals surface area contributed by atoms with E-state index in [2.05, 4.69) is 21.8 Å². The molecule has 1 atom stereocenters. The van der Waals surface area contributed by atoms with Crippen molar-refractivity contribution in [1.29, 1.82) is 0 Å². The molecule has 2 aromatic heterocycles. The minimum Gasteiger partial charge on any atom is -0.352 e. The molecule has 2 N–H and O–H groups in total. The van der Waals surface area contributed by atoms with E-state index in [1.165, 1.54) is 28.7 Å². The van der Waals surface area contributed by atoms with Gasteiger partial charge in [-0.15, -0.1) is 11.3 Å². The Bertz CT molecular complexity index is 1090. The van der Waals surface area contributed by atoms with E-state index in [1.807, 2.05) is 19.2 Å². The van der Waals surface area contributed by atoms with E-state index in [-0.39, 0.29) is 10.9 Å². The van der Waals surface area contributed by atoms with Crippen molar-refractivity contribution >= 4 is 37.4 Å². The lowest BCUT2D eigenvalue weighted by Gasteiger charge is -2.27. The number of nitrogens with zero attached hydrogens (tertiary/aromatic N) is 3. The summed E-state index contributed by atoms with van der Waals surface area (Å²) in [5.74, 6) is 0.933. The predicted molar refractivity (Wildman–Crippen MR) is 109 cm³/mol. The smallest absolute Gasteiger partial charge is 0.238 e. The minimum absolute atomic E-state index is 0.0248. The largest absolute Gasteiger partial charge is 0.352 e. The number of thiophene rings is 1. The first-order valence-corrected chi connectivity index (χ1v) is 11.3. The average Bonchev–Trinajstić information content (AvgIpc) is 3.05. The first-order valence-electron chi connectivity index (χ1n) is 8.97. The molecule has 0 unspecified atom stereocenters. The van der Waals surface area contributed by atoms with Gasteiger partial charge in [0.1, 0.15) is 17.0 Å². The number of benzene rings is 1. The number of aryl methyl sites for hydroxylation is 2. The van der Waals surface area contributed by atoms with Crippen LogP contribution in [0.5, 0.6) is 0 Å². The van der Waals surface area contributed by atoms with Gasteiger partial charge in [0.15, 0.2) is 0 Å². The van der Waals surface area contributed by atoms with Crippen molar-refractivity contribution < 1.29 is 8.42 Å². The van der Waals surface area contributed by atoms with Crippen LogP contribution in [0.3, 0.4) is 0 Å². The molecule has 4 rings (SSSR count). The molecule has 6 nitrogen and oxygen atoms in total. The van der Waals surface area contributed by atoms with Gasteiger partial charge >= 0.3 is 0 Å².